The molecule has 0 spiro atoms. The van der Waals surface area contributed by atoms with Gasteiger partial charge in [0.05, 0.1) is 0 Å². The maximum absolute atomic E-state index is 12.1. The number of nitrogens with zero attached hydrogens (tertiary/aromatic N) is 2. The van der Waals surface area contributed by atoms with Crippen molar-refractivity contribution in [1.82, 2.24) is 9.88 Å². The average Bonchev–Trinajstić information content (AvgIpc) is 2.55. The van der Waals surface area contributed by atoms with Crippen LogP contribution in [0.2, 0.25) is 0 Å². The molecule has 0 saturated carbocycles. The zero-order valence-electron chi connectivity index (χ0n) is 14.7. The highest BCUT2D eigenvalue weighted by atomic mass is 35.5. The highest BCUT2D eigenvalue weighted by molar-refractivity contribution is 5.85. The molecule has 1 aliphatic heterocycles. The Balaban J connectivity index is 0.00000264. The Morgan fingerprint density at radius 1 is 1.25 bits per heavy atom. The maximum Gasteiger partial charge on any atom is 0.306 e. The van der Waals surface area contributed by atoms with E-state index in [2.05, 4.69) is 16.8 Å². The van der Waals surface area contributed by atoms with Gasteiger partial charge in [-0.1, -0.05) is 26.3 Å². The Kier molecular flexibility index (Phi) is 11.3. The van der Waals surface area contributed by atoms with E-state index >= 15 is 0 Å². The molecule has 0 amide bonds. The minimum atomic E-state index is -0.483. The second-order valence-corrected chi connectivity index (χ2v) is 6.16. The van der Waals surface area contributed by atoms with E-state index < -0.39 is 5.60 Å². The second kappa shape index (κ2) is 11.7. The first-order valence-corrected chi connectivity index (χ1v) is 8.55. The summed E-state index contributed by atoms with van der Waals surface area (Å²) >= 11 is 0. The summed E-state index contributed by atoms with van der Waals surface area (Å²) in [7, 11) is 0. The zero-order chi connectivity index (χ0) is 15.8. The van der Waals surface area contributed by atoms with Gasteiger partial charge in [0.25, 0.3) is 0 Å². The first kappa shape index (κ1) is 23.2. The number of esters is 1. The van der Waals surface area contributed by atoms with Gasteiger partial charge in [0, 0.05) is 50.3 Å². The molecule has 0 atom stereocenters. The number of hydrogen-bond donors (Lipinski definition) is 0. The lowest BCUT2D eigenvalue weighted by atomic mass is 9.84. The van der Waals surface area contributed by atoms with Crippen molar-refractivity contribution in [1.29, 1.82) is 0 Å². The predicted octanol–water partition coefficient (Wildman–Crippen LogP) is 4.36. The summed E-state index contributed by atoms with van der Waals surface area (Å²) in [5.41, 5.74) is 0.554. The smallest absolute Gasteiger partial charge is 0.306 e. The van der Waals surface area contributed by atoms with Crippen molar-refractivity contribution >= 4 is 30.8 Å². The van der Waals surface area contributed by atoms with Crippen molar-refractivity contribution in [2.45, 2.75) is 58.0 Å². The third-order valence-electron chi connectivity index (χ3n) is 4.44. The fourth-order valence-corrected chi connectivity index (χ4v) is 3.07. The summed E-state index contributed by atoms with van der Waals surface area (Å²) in [4.78, 5) is 18.8. The highest BCUT2D eigenvalue weighted by Gasteiger charge is 2.39. The number of unbranched alkanes of at least 4 members (excludes halogenated alkanes) is 1. The molecule has 2 heterocycles. The molecule has 0 radical (unpaired) electrons. The van der Waals surface area contributed by atoms with Crippen molar-refractivity contribution < 1.29 is 9.53 Å². The molecule has 0 N–H and O–H groups in total. The van der Waals surface area contributed by atoms with E-state index in [1.54, 1.807) is 6.20 Å². The molecule has 0 unspecified atom stereocenters. The number of carbonyl (C=O) groups is 1. The van der Waals surface area contributed by atoms with Gasteiger partial charge in [0.2, 0.25) is 0 Å². The Labute approximate surface area is 158 Å². The molecule has 24 heavy (non-hydrogen) atoms. The highest BCUT2D eigenvalue weighted by Crippen LogP contribution is 2.37. The number of ether oxygens (including phenoxy) is 1. The number of rotatable bonds is 7. The van der Waals surface area contributed by atoms with E-state index in [0.29, 0.717) is 6.42 Å². The van der Waals surface area contributed by atoms with E-state index in [-0.39, 0.29) is 30.8 Å². The van der Waals surface area contributed by atoms with E-state index in [4.69, 9.17) is 4.74 Å². The Bertz CT molecular complexity index is 463. The van der Waals surface area contributed by atoms with Gasteiger partial charge in [-0.15, -0.1) is 24.8 Å². The predicted molar refractivity (Wildman–Crippen MR) is 102 cm³/mol. The quantitative estimate of drug-likeness (QED) is 0.662. The largest absolute Gasteiger partial charge is 0.454 e. The van der Waals surface area contributed by atoms with Crippen molar-refractivity contribution in [2.75, 3.05) is 19.6 Å². The van der Waals surface area contributed by atoms with Crippen LogP contribution < -0.4 is 0 Å². The summed E-state index contributed by atoms with van der Waals surface area (Å²) in [5.74, 6) is -0.0895. The summed E-state index contributed by atoms with van der Waals surface area (Å²) in [6.07, 6.45) is 9.09. The van der Waals surface area contributed by atoms with Crippen molar-refractivity contribution in [3.05, 3.63) is 30.1 Å². The second-order valence-electron chi connectivity index (χ2n) is 6.16. The Morgan fingerprint density at radius 3 is 2.50 bits per heavy atom. The lowest BCUT2D eigenvalue weighted by Gasteiger charge is -2.41. The van der Waals surface area contributed by atoms with Crippen molar-refractivity contribution in [3.8, 4) is 0 Å². The summed E-state index contributed by atoms with van der Waals surface area (Å²) < 4.78 is 5.95. The number of likely N-dealkylation sites (tertiary alicyclic amines) is 1. The minimum Gasteiger partial charge on any atom is -0.454 e. The zero-order valence-corrected chi connectivity index (χ0v) is 16.3. The van der Waals surface area contributed by atoms with Gasteiger partial charge in [-0.3, -0.25) is 9.78 Å². The summed E-state index contributed by atoms with van der Waals surface area (Å²) in [5, 5.41) is 0. The van der Waals surface area contributed by atoms with Crippen LogP contribution in [0.3, 0.4) is 0 Å². The molecule has 1 aromatic heterocycles. The fourth-order valence-electron chi connectivity index (χ4n) is 3.07. The van der Waals surface area contributed by atoms with Crippen molar-refractivity contribution in [3.63, 3.8) is 0 Å². The third-order valence-corrected chi connectivity index (χ3v) is 4.44. The number of pyridine rings is 1. The number of piperidine rings is 1. The molecule has 1 fully saturated rings. The third kappa shape index (κ3) is 6.23. The van der Waals surface area contributed by atoms with Gasteiger partial charge < -0.3 is 9.64 Å². The minimum absolute atomic E-state index is 0. The van der Waals surface area contributed by atoms with Gasteiger partial charge in [-0.05, 0) is 25.5 Å². The standard InChI is InChI=1S/C18H28N2O2.2ClH/c1-3-5-12-20-13-9-18(10-14-20,22-17(21)7-4-2)16-8-6-11-19-15-16;;/h6,8,11,15H,3-5,7,9-10,12-14H2,1-2H3;2*1H. The number of carbonyl (C=O) groups excluding carboxylic acids is 1. The van der Waals surface area contributed by atoms with Gasteiger partial charge in [0.15, 0.2) is 0 Å². The number of halogens is 2. The molecular weight excluding hydrogens is 347 g/mol. The molecule has 2 rings (SSSR count). The molecule has 1 aliphatic rings. The molecule has 4 nitrogen and oxygen atoms in total. The molecule has 0 bridgehead atoms. The van der Waals surface area contributed by atoms with Crippen LogP contribution in [-0.4, -0.2) is 35.5 Å². The lowest BCUT2D eigenvalue weighted by molar-refractivity contribution is -0.167. The number of aromatic nitrogens is 1. The lowest BCUT2D eigenvalue weighted by Crippen LogP contribution is -2.45. The Hall–Kier alpha value is -0.840. The van der Waals surface area contributed by atoms with Crippen LogP contribution in [0.25, 0.3) is 0 Å². The van der Waals surface area contributed by atoms with E-state index in [1.807, 2.05) is 25.3 Å². The fraction of sp³-hybridized carbons (Fsp3) is 0.667. The van der Waals surface area contributed by atoms with E-state index in [9.17, 15) is 4.79 Å². The molecule has 6 heteroatoms. The molecule has 0 aliphatic carbocycles. The Morgan fingerprint density at radius 2 is 1.96 bits per heavy atom. The average molecular weight is 377 g/mol. The van der Waals surface area contributed by atoms with Gasteiger partial charge >= 0.3 is 5.97 Å². The van der Waals surface area contributed by atoms with E-state index in [0.717, 1.165) is 44.5 Å². The van der Waals surface area contributed by atoms with Crippen LogP contribution in [0, 0.1) is 0 Å². The first-order chi connectivity index (χ1) is 10.7. The van der Waals surface area contributed by atoms with Gasteiger partial charge in [0.1, 0.15) is 5.60 Å². The van der Waals surface area contributed by atoms with Crippen LogP contribution in [0.1, 0.15) is 57.9 Å². The van der Waals surface area contributed by atoms with Crippen LogP contribution in [0.4, 0.5) is 0 Å². The van der Waals surface area contributed by atoms with Crippen LogP contribution in [0.15, 0.2) is 24.5 Å². The van der Waals surface area contributed by atoms with Crippen LogP contribution >= 0.6 is 24.8 Å². The topological polar surface area (TPSA) is 42.4 Å². The molecular formula is C18H30Cl2N2O2. The SMILES string of the molecule is CCCCN1CCC(OC(=O)CCC)(c2cccnc2)CC1.Cl.Cl. The molecule has 138 valence electrons. The molecule has 0 aromatic carbocycles. The summed E-state index contributed by atoms with van der Waals surface area (Å²) in [6, 6.07) is 3.96. The summed E-state index contributed by atoms with van der Waals surface area (Å²) in [6.45, 7) is 7.33. The van der Waals surface area contributed by atoms with E-state index in [1.165, 1.54) is 12.8 Å². The number of hydrogen-bond acceptors (Lipinski definition) is 4. The monoisotopic (exact) mass is 376 g/mol. The normalized spacial score (nSPS) is 16.6. The molecule has 1 aromatic rings. The van der Waals surface area contributed by atoms with Crippen LogP contribution in [0.5, 0.6) is 0 Å². The van der Waals surface area contributed by atoms with Gasteiger partial charge in [-0.2, -0.15) is 0 Å². The maximum atomic E-state index is 12.1. The van der Waals surface area contributed by atoms with Gasteiger partial charge in [-0.25, -0.2) is 0 Å². The first-order valence-electron chi connectivity index (χ1n) is 8.55. The van der Waals surface area contributed by atoms with Crippen LogP contribution in [-0.2, 0) is 15.1 Å². The molecule has 1 saturated heterocycles. The van der Waals surface area contributed by atoms with Crippen molar-refractivity contribution in [2.24, 2.45) is 0 Å².